The highest BCUT2D eigenvalue weighted by molar-refractivity contribution is 6.19. The third-order valence-electron chi connectivity index (χ3n) is 0. The summed E-state index contributed by atoms with van der Waals surface area (Å²) in [6, 6.07) is 0. The summed E-state index contributed by atoms with van der Waals surface area (Å²) in [4.78, 5) is 2.00. The molecule has 1 atom stereocenters. The predicted octanol–water partition coefficient (Wildman–Crippen LogP) is 0.708. The molecule has 0 heterocycles. The molecule has 0 amide bonds. The molecular weight excluding hydrogens is 124 g/mol. The first-order chi connectivity index (χ1) is 3.46. The van der Waals surface area contributed by atoms with Crippen LogP contribution in [0.2, 0.25) is 0 Å². The van der Waals surface area contributed by atoms with Crippen LogP contribution in [0, 0.1) is 0 Å². The van der Waals surface area contributed by atoms with Gasteiger partial charge in [-0.1, -0.05) is 0 Å². The van der Waals surface area contributed by atoms with Crippen molar-refractivity contribution in [3.63, 3.8) is 0 Å². The zero-order valence-corrected chi connectivity index (χ0v) is 6.74. The molecule has 0 radical (unpaired) electrons. The van der Waals surface area contributed by atoms with E-state index < -0.39 is 0 Å². The lowest BCUT2D eigenvalue weighted by Crippen LogP contribution is -2.03. The van der Waals surface area contributed by atoms with Crippen LogP contribution in [0.25, 0.3) is 0 Å². The molecule has 3 heteroatoms. The van der Waals surface area contributed by atoms with Crippen molar-refractivity contribution in [3.05, 3.63) is 0 Å². The number of halogens is 1. The van der Waals surface area contributed by atoms with Crippen LogP contribution in [0.4, 0.5) is 0 Å². The van der Waals surface area contributed by atoms with Crippen LogP contribution >= 0.6 is 11.6 Å². The number of alkyl halides is 1. The number of nitrogens with two attached hydrogens (primary N) is 1. The maximum atomic E-state index is 5.05. The monoisotopic (exact) mass is 138 g/mol. The highest BCUT2D eigenvalue weighted by Gasteiger charge is 1.70. The molecule has 0 aromatic rings. The van der Waals surface area contributed by atoms with Crippen LogP contribution in [-0.4, -0.2) is 31.5 Å². The summed E-state index contributed by atoms with van der Waals surface area (Å²) >= 11 is 5.05. The highest BCUT2D eigenvalue weighted by Crippen LogP contribution is 1.74. The first-order valence-electron chi connectivity index (χ1n) is 2.47. The Balaban J connectivity index is 0. The van der Waals surface area contributed by atoms with Gasteiger partial charge in [-0.3, -0.25) is 0 Å². The fourth-order valence-corrected chi connectivity index (χ4v) is 0. The molecule has 0 aliphatic carbocycles. The highest BCUT2D eigenvalue weighted by atomic mass is 35.5. The summed E-state index contributed by atoms with van der Waals surface area (Å²) in [5.74, 6) is 0. The van der Waals surface area contributed by atoms with Crippen LogP contribution in [0.5, 0.6) is 0 Å². The van der Waals surface area contributed by atoms with Gasteiger partial charge in [0.2, 0.25) is 0 Å². The molecule has 2 N–H and O–H groups in total. The molecule has 0 spiro atoms. The Kier molecular flexibility index (Phi) is 9.97. The van der Waals surface area contributed by atoms with E-state index >= 15 is 0 Å². The van der Waals surface area contributed by atoms with Crippen LogP contribution in [0.1, 0.15) is 6.92 Å². The molecule has 0 saturated heterocycles. The van der Waals surface area contributed by atoms with Crippen molar-refractivity contribution in [2.24, 2.45) is 5.73 Å². The normalized spacial score (nSPS) is 12.4. The van der Waals surface area contributed by atoms with E-state index in [-0.39, 0.29) is 5.50 Å². The smallest absolute Gasteiger partial charge is 0.0771 e. The molecule has 0 saturated carbocycles. The van der Waals surface area contributed by atoms with E-state index in [0.29, 0.717) is 0 Å². The van der Waals surface area contributed by atoms with Crippen LogP contribution in [0.15, 0.2) is 0 Å². The van der Waals surface area contributed by atoms with Crippen molar-refractivity contribution >= 4 is 11.6 Å². The van der Waals surface area contributed by atoms with E-state index in [1.165, 1.54) is 0 Å². The molecule has 8 heavy (non-hydrogen) atoms. The zero-order valence-electron chi connectivity index (χ0n) is 5.98. The van der Waals surface area contributed by atoms with E-state index in [2.05, 4.69) is 0 Å². The van der Waals surface area contributed by atoms with Crippen molar-refractivity contribution in [2.75, 3.05) is 21.1 Å². The van der Waals surface area contributed by atoms with Crippen molar-refractivity contribution in [1.29, 1.82) is 0 Å². The lowest BCUT2D eigenvalue weighted by atomic mass is 10.8. The molecule has 0 aromatic heterocycles. The van der Waals surface area contributed by atoms with Gasteiger partial charge in [-0.2, -0.15) is 0 Å². The molecule has 0 aliphatic rings. The molecule has 0 bridgehead atoms. The quantitative estimate of drug-likeness (QED) is 0.395. The Morgan fingerprint density at radius 2 is 1.38 bits per heavy atom. The van der Waals surface area contributed by atoms with Gasteiger partial charge in [0, 0.05) is 0 Å². The number of hydrogen-bond donors (Lipinski definition) is 1. The van der Waals surface area contributed by atoms with E-state index in [1.807, 2.05) is 26.0 Å². The second kappa shape index (κ2) is 7.21. The molecule has 0 aromatic carbocycles. The summed E-state index contributed by atoms with van der Waals surface area (Å²) in [5, 5.41) is 0. The summed E-state index contributed by atoms with van der Waals surface area (Å²) in [6.07, 6.45) is 0. The van der Waals surface area contributed by atoms with Crippen molar-refractivity contribution in [2.45, 2.75) is 12.4 Å². The van der Waals surface area contributed by atoms with Gasteiger partial charge < -0.3 is 10.6 Å². The number of nitrogens with zero attached hydrogens (tertiary/aromatic N) is 1. The Labute approximate surface area is 56.6 Å². The first-order valence-corrected chi connectivity index (χ1v) is 2.91. The predicted molar refractivity (Wildman–Crippen MR) is 39.1 cm³/mol. The topological polar surface area (TPSA) is 29.3 Å². The summed E-state index contributed by atoms with van der Waals surface area (Å²) < 4.78 is 0. The lowest BCUT2D eigenvalue weighted by Gasteiger charge is -1.90. The Bertz CT molecular complexity index is 25.9. The van der Waals surface area contributed by atoms with Gasteiger partial charge >= 0.3 is 0 Å². The molecule has 0 fully saturated rings. The Morgan fingerprint density at radius 1 is 1.38 bits per heavy atom. The Hall–Kier alpha value is 0.210. The average molecular weight is 139 g/mol. The third kappa shape index (κ3) is 3820. The second-order valence-electron chi connectivity index (χ2n) is 2.02. The standard InChI is InChI=1S/C3H9N.C2H6ClN/c1-4(2)3;1-2(3)4/h1-3H3;2H,4H2,1H3. The molecule has 1 unspecified atom stereocenters. The zero-order chi connectivity index (χ0) is 7.15. The summed E-state index contributed by atoms with van der Waals surface area (Å²) in [6.45, 7) is 1.71. The van der Waals surface area contributed by atoms with Crippen LogP contribution < -0.4 is 5.73 Å². The minimum Gasteiger partial charge on any atom is -0.316 e. The lowest BCUT2D eigenvalue weighted by molar-refractivity contribution is 0.505. The largest absolute Gasteiger partial charge is 0.316 e. The van der Waals surface area contributed by atoms with Crippen LogP contribution in [0.3, 0.4) is 0 Å². The molecule has 0 aliphatic heterocycles. The molecular formula is C5H15ClN2. The maximum Gasteiger partial charge on any atom is 0.0771 e. The molecule has 52 valence electrons. The summed E-state index contributed by atoms with van der Waals surface area (Å²) in [7, 11) is 6.00. The summed E-state index contributed by atoms with van der Waals surface area (Å²) in [5.41, 5.74) is 4.68. The fourth-order valence-electron chi connectivity index (χ4n) is 0. The van der Waals surface area contributed by atoms with Gasteiger partial charge in [-0.15, -0.1) is 11.6 Å². The maximum absolute atomic E-state index is 5.05. The van der Waals surface area contributed by atoms with Gasteiger partial charge in [0.25, 0.3) is 0 Å². The minimum atomic E-state index is -0.194. The van der Waals surface area contributed by atoms with E-state index in [1.54, 1.807) is 6.92 Å². The van der Waals surface area contributed by atoms with Gasteiger partial charge in [-0.25, -0.2) is 0 Å². The van der Waals surface area contributed by atoms with Gasteiger partial charge in [0.1, 0.15) is 0 Å². The van der Waals surface area contributed by atoms with E-state index in [9.17, 15) is 0 Å². The second-order valence-corrected chi connectivity index (χ2v) is 2.71. The fraction of sp³-hybridized carbons (Fsp3) is 1.00. The van der Waals surface area contributed by atoms with Gasteiger partial charge in [-0.05, 0) is 28.1 Å². The van der Waals surface area contributed by atoms with Gasteiger partial charge in [0.05, 0.1) is 5.50 Å². The van der Waals surface area contributed by atoms with Crippen molar-refractivity contribution in [1.82, 2.24) is 4.90 Å². The van der Waals surface area contributed by atoms with E-state index in [0.717, 1.165) is 0 Å². The van der Waals surface area contributed by atoms with E-state index in [4.69, 9.17) is 17.3 Å². The third-order valence-corrected chi connectivity index (χ3v) is 0. The van der Waals surface area contributed by atoms with Crippen molar-refractivity contribution in [3.8, 4) is 0 Å². The average Bonchev–Trinajstić information content (AvgIpc) is 1.25. The minimum absolute atomic E-state index is 0.194. The number of hydrogen-bond acceptors (Lipinski definition) is 2. The van der Waals surface area contributed by atoms with Crippen LogP contribution in [-0.2, 0) is 0 Å². The first kappa shape index (κ1) is 11.1. The SMILES string of the molecule is CC(N)Cl.CN(C)C. The van der Waals surface area contributed by atoms with Crippen molar-refractivity contribution < 1.29 is 0 Å². The number of rotatable bonds is 0. The molecule has 0 rings (SSSR count). The van der Waals surface area contributed by atoms with Gasteiger partial charge in [0.15, 0.2) is 0 Å². The molecule has 2 nitrogen and oxygen atoms in total. The Morgan fingerprint density at radius 3 is 1.38 bits per heavy atom.